The van der Waals surface area contributed by atoms with Crippen LogP contribution in [0.15, 0.2) is 24.3 Å². The number of anilines is 1. The Bertz CT molecular complexity index is 292. The third kappa shape index (κ3) is 2.05. The van der Waals surface area contributed by atoms with Gasteiger partial charge in [0, 0.05) is 38.4 Å². The van der Waals surface area contributed by atoms with Crippen LogP contribution in [0.2, 0.25) is 0 Å². The largest absolute Gasteiger partial charge is 0.369 e. The highest BCUT2D eigenvalue weighted by atomic mass is 15.2. The first-order valence-electron chi connectivity index (χ1n) is 5.15. The van der Waals surface area contributed by atoms with Crippen molar-refractivity contribution in [1.29, 1.82) is 0 Å². The second-order valence-corrected chi connectivity index (χ2v) is 3.61. The van der Waals surface area contributed by atoms with Crippen LogP contribution in [0, 0.1) is 0 Å². The van der Waals surface area contributed by atoms with E-state index in [1.807, 2.05) is 0 Å². The van der Waals surface area contributed by atoms with Crippen molar-refractivity contribution >= 4 is 5.69 Å². The lowest BCUT2D eigenvalue weighted by molar-refractivity contribution is 0.589. The van der Waals surface area contributed by atoms with Crippen molar-refractivity contribution in [3.63, 3.8) is 0 Å². The van der Waals surface area contributed by atoms with E-state index in [2.05, 4.69) is 34.5 Å². The van der Waals surface area contributed by atoms with Gasteiger partial charge >= 0.3 is 0 Å². The predicted octanol–water partition coefficient (Wildman–Crippen LogP) is 0.555. The molecule has 14 heavy (non-hydrogen) atoms. The molecule has 1 saturated heterocycles. The molecule has 0 saturated carbocycles. The van der Waals surface area contributed by atoms with Crippen molar-refractivity contribution < 1.29 is 0 Å². The van der Waals surface area contributed by atoms with E-state index in [0.29, 0.717) is 6.54 Å². The summed E-state index contributed by atoms with van der Waals surface area (Å²) in [5.41, 5.74) is 8.13. The average molecular weight is 191 g/mol. The molecule has 0 spiro atoms. The Morgan fingerprint density at radius 1 is 1.29 bits per heavy atom. The summed E-state index contributed by atoms with van der Waals surface area (Å²) in [6.07, 6.45) is 0. The van der Waals surface area contributed by atoms with E-state index in [9.17, 15) is 0 Å². The Hall–Kier alpha value is -1.06. The number of nitrogens with one attached hydrogen (secondary N) is 1. The molecule has 1 fully saturated rings. The van der Waals surface area contributed by atoms with Crippen LogP contribution in [-0.2, 0) is 6.54 Å². The van der Waals surface area contributed by atoms with Gasteiger partial charge < -0.3 is 16.0 Å². The monoisotopic (exact) mass is 191 g/mol. The van der Waals surface area contributed by atoms with E-state index in [4.69, 9.17) is 5.73 Å². The van der Waals surface area contributed by atoms with Crippen molar-refractivity contribution in [2.75, 3.05) is 31.1 Å². The number of nitrogens with zero attached hydrogens (tertiary/aromatic N) is 1. The van der Waals surface area contributed by atoms with E-state index in [0.717, 1.165) is 26.2 Å². The molecule has 3 heteroatoms. The summed E-state index contributed by atoms with van der Waals surface area (Å²) in [5, 5.41) is 3.35. The Balaban J connectivity index is 2.13. The molecule has 0 aromatic heterocycles. The lowest BCUT2D eigenvalue weighted by Crippen LogP contribution is -2.43. The van der Waals surface area contributed by atoms with Gasteiger partial charge in [0.05, 0.1) is 0 Å². The van der Waals surface area contributed by atoms with Crippen molar-refractivity contribution in [2.45, 2.75) is 6.54 Å². The zero-order valence-corrected chi connectivity index (χ0v) is 8.37. The Labute approximate surface area is 84.9 Å². The molecular weight excluding hydrogens is 174 g/mol. The molecule has 0 atom stereocenters. The number of nitrogens with two attached hydrogens (primary N) is 1. The summed E-state index contributed by atoms with van der Waals surface area (Å²) < 4.78 is 0. The predicted molar refractivity (Wildman–Crippen MR) is 59.4 cm³/mol. The maximum absolute atomic E-state index is 5.62. The fourth-order valence-electron chi connectivity index (χ4n) is 1.80. The lowest BCUT2D eigenvalue weighted by Gasteiger charge is -2.29. The summed E-state index contributed by atoms with van der Waals surface area (Å²) >= 11 is 0. The summed E-state index contributed by atoms with van der Waals surface area (Å²) in [6.45, 7) is 4.96. The summed E-state index contributed by atoms with van der Waals surface area (Å²) in [4.78, 5) is 2.40. The molecular formula is C11H17N3. The maximum Gasteiger partial charge on any atom is 0.0370 e. The van der Waals surface area contributed by atoms with Crippen molar-refractivity contribution in [2.24, 2.45) is 5.73 Å². The van der Waals surface area contributed by atoms with Gasteiger partial charge in [-0.25, -0.2) is 0 Å². The zero-order valence-electron chi connectivity index (χ0n) is 8.37. The molecule has 1 heterocycles. The Morgan fingerprint density at radius 3 is 2.79 bits per heavy atom. The molecule has 0 amide bonds. The first kappa shape index (κ1) is 9.49. The second kappa shape index (κ2) is 4.44. The number of rotatable bonds is 2. The van der Waals surface area contributed by atoms with Crippen molar-refractivity contribution in [3.05, 3.63) is 29.8 Å². The molecule has 0 aliphatic carbocycles. The number of hydrogen-bond acceptors (Lipinski definition) is 3. The van der Waals surface area contributed by atoms with E-state index in [1.54, 1.807) is 0 Å². The fraction of sp³-hybridized carbons (Fsp3) is 0.455. The van der Waals surface area contributed by atoms with Gasteiger partial charge in [0.15, 0.2) is 0 Å². The van der Waals surface area contributed by atoms with Crippen LogP contribution >= 0.6 is 0 Å². The van der Waals surface area contributed by atoms with Gasteiger partial charge in [0.1, 0.15) is 0 Å². The highest BCUT2D eigenvalue weighted by Crippen LogP contribution is 2.16. The van der Waals surface area contributed by atoms with Crippen LogP contribution in [0.25, 0.3) is 0 Å². The van der Waals surface area contributed by atoms with Gasteiger partial charge in [-0.15, -0.1) is 0 Å². The minimum Gasteiger partial charge on any atom is -0.369 e. The van der Waals surface area contributed by atoms with E-state index >= 15 is 0 Å². The van der Waals surface area contributed by atoms with Crippen LogP contribution < -0.4 is 16.0 Å². The fourth-order valence-corrected chi connectivity index (χ4v) is 1.80. The van der Waals surface area contributed by atoms with Gasteiger partial charge in [0.2, 0.25) is 0 Å². The Morgan fingerprint density at radius 2 is 2.07 bits per heavy atom. The second-order valence-electron chi connectivity index (χ2n) is 3.61. The standard InChI is InChI=1S/C11H17N3/c12-9-10-2-1-3-11(8-10)14-6-4-13-5-7-14/h1-3,8,13H,4-7,9,12H2. The van der Waals surface area contributed by atoms with Gasteiger partial charge in [0.25, 0.3) is 0 Å². The van der Waals surface area contributed by atoms with Crippen LogP contribution in [0.4, 0.5) is 5.69 Å². The smallest absolute Gasteiger partial charge is 0.0370 e. The summed E-state index contributed by atoms with van der Waals surface area (Å²) in [5.74, 6) is 0. The molecule has 76 valence electrons. The highest BCUT2D eigenvalue weighted by molar-refractivity contribution is 5.49. The van der Waals surface area contributed by atoms with Crippen LogP contribution in [0.1, 0.15) is 5.56 Å². The van der Waals surface area contributed by atoms with Crippen LogP contribution in [0.5, 0.6) is 0 Å². The van der Waals surface area contributed by atoms with Gasteiger partial charge in [-0.2, -0.15) is 0 Å². The first-order valence-corrected chi connectivity index (χ1v) is 5.15. The number of hydrogen-bond donors (Lipinski definition) is 2. The molecule has 1 aliphatic rings. The molecule has 1 aromatic carbocycles. The molecule has 3 N–H and O–H groups in total. The van der Waals surface area contributed by atoms with E-state index in [1.165, 1.54) is 11.3 Å². The van der Waals surface area contributed by atoms with Crippen molar-refractivity contribution in [1.82, 2.24) is 5.32 Å². The van der Waals surface area contributed by atoms with Gasteiger partial charge in [-0.1, -0.05) is 12.1 Å². The minimum atomic E-state index is 0.625. The number of piperazine rings is 1. The third-order valence-corrected chi connectivity index (χ3v) is 2.63. The Kier molecular flexibility index (Phi) is 3.01. The van der Waals surface area contributed by atoms with E-state index < -0.39 is 0 Å². The molecule has 2 rings (SSSR count). The summed E-state index contributed by atoms with van der Waals surface area (Å²) in [6, 6.07) is 8.50. The van der Waals surface area contributed by atoms with Gasteiger partial charge in [-0.05, 0) is 17.7 Å². The molecule has 0 radical (unpaired) electrons. The SMILES string of the molecule is NCc1cccc(N2CCNCC2)c1. The molecule has 1 aromatic rings. The first-order chi connectivity index (χ1) is 6.90. The normalized spacial score (nSPS) is 17.1. The topological polar surface area (TPSA) is 41.3 Å². The van der Waals surface area contributed by atoms with E-state index in [-0.39, 0.29) is 0 Å². The van der Waals surface area contributed by atoms with Crippen LogP contribution in [0.3, 0.4) is 0 Å². The van der Waals surface area contributed by atoms with Crippen molar-refractivity contribution in [3.8, 4) is 0 Å². The molecule has 0 unspecified atom stereocenters. The third-order valence-electron chi connectivity index (χ3n) is 2.63. The molecule has 1 aliphatic heterocycles. The molecule has 0 bridgehead atoms. The highest BCUT2D eigenvalue weighted by Gasteiger charge is 2.09. The van der Waals surface area contributed by atoms with Crippen LogP contribution in [-0.4, -0.2) is 26.2 Å². The minimum absolute atomic E-state index is 0.625. The number of benzene rings is 1. The average Bonchev–Trinajstić information content (AvgIpc) is 2.30. The summed E-state index contributed by atoms with van der Waals surface area (Å²) in [7, 11) is 0. The zero-order chi connectivity index (χ0) is 9.80. The lowest BCUT2D eigenvalue weighted by atomic mass is 10.2. The maximum atomic E-state index is 5.62. The van der Waals surface area contributed by atoms with Gasteiger partial charge in [-0.3, -0.25) is 0 Å². The molecule has 3 nitrogen and oxygen atoms in total. The quantitative estimate of drug-likeness (QED) is 0.717.